The maximum absolute atomic E-state index is 11.5. The molecule has 0 bridgehead atoms. The van der Waals surface area contributed by atoms with Crippen molar-refractivity contribution in [1.29, 1.82) is 0 Å². The van der Waals surface area contributed by atoms with E-state index in [1.807, 2.05) is 38.1 Å². The third kappa shape index (κ3) is 4.34. The van der Waals surface area contributed by atoms with Gasteiger partial charge in [0, 0.05) is 17.5 Å². The molecule has 0 radical (unpaired) electrons. The number of aryl methyl sites for hydroxylation is 1. The van der Waals surface area contributed by atoms with Crippen molar-refractivity contribution in [3.63, 3.8) is 0 Å². The molecule has 0 amide bonds. The molecule has 0 unspecified atom stereocenters. The van der Waals surface area contributed by atoms with Crippen LogP contribution in [0.3, 0.4) is 0 Å². The highest BCUT2D eigenvalue weighted by Gasteiger charge is 2.05. The van der Waals surface area contributed by atoms with Crippen molar-refractivity contribution >= 4 is 16.9 Å². The smallest absolute Gasteiger partial charge is 0.305 e. The number of aromatic nitrogens is 1. The number of fused-ring (bicyclic) bond motifs is 1. The molecular formula is C17H21NO2. The second-order valence-corrected chi connectivity index (χ2v) is 5.43. The Labute approximate surface area is 120 Å². The predicted octanol–water partition coefficient (Wildman–Crippen LogP) is 3.76. The number of carbonyl (C=O) groups is 1. The van der Waals surface area contributed by atoms with E-state index in [1.165, 1.54) is 0 Å². The van der Waals surface area contributed by atoms with Crippen LogP contribution in [-0.2, 0) is 16.0 Å². The van der Waals surface area contributed by atoms with Gasteiger partial charge in [0.05, 0.1) is 12.1 Å². The molecule has 0 aliphatic heterocycles. The van der Waals surface area contributed by atoms with Gasteiger partial charge in [0.1, 0.15) is 0 Å². The minimum Gasteiger partial charge on any atom is -0.465 e. The normalized spacial score (nSPS) is 10.9. The molecule has 0 aliphatic carbocycles. The molecule has 3 heteroatoms. The van der Waals surface area contributed by atoms with Crippen LogP contribution in [0.4, 0.5) is 0 Å². The fourth-order valence-electron chi connectivity index (χ4n) is 1.99. The molecule has 0 atom stereocenters. The lowest BCUT2D eigenvalue weighted by Gasteiger charge is -2.07. The van der Waals surface area contributed by atoms with Gasteiger partial charge in [0.2, 0.25) is 0 Å². The maximum Gasteiger partial charge on any atom is 0.305 e. The first-order chi connectivity index (χ1) is 9.65. The zero-order valence-electron chi connectivity index (χ0n) is 12.1. The van der Waals surface area contributed by atoms with E-state index in [-0.39, 0.29) is 5.97 Å². The van der Waals surface area contributed by atoms with E-state index in [4.69, 9.17) is 4.74 Å². The van der Waals surface area contributed by atoms with Crippen molar-refractivity contribution in [3.8, 4) is 0 Å². The summed E-state index contributed by atoms with van der Waals surface area (Å²) < 4.78 is 5.15. The third-order valence-corrected chi connectivity index (χ3v) is 3.05. The van der Waals surface area contributed by atoms with E-state index in [1.54, 1.807) is 0 Å². The number of nitrogens with zero attached hydrogens (tertiary/aromatic N) is 1. The van der Waals surface area contributed by atoms with Gasteiger partial charge in [-0.3, -0.25) is 9.78 Å². The van der Waals surface area contributed by atoms with Crippen LogP contribution in [-0.4, -0.2) is 17.6 Å². The van der Waals surface area contributed by atoms with Crippen molar-refractivity contribution < 1.29 is 9.53 Å². The zero-order valence-corrected chi connectivity index (χ0v) is 12.1. The monoisotopic (exact) mass is 271 g/mol. The van der Waals surface area contributed by atoms with Gasteiger partial charge in [-0.05, 0) is 30.9 Å². The third-order valence-electron chi connectivity index (χ3n) is 3.05. The molecule has 106 valence electrons. The number of hydrogen-bond acceptors (Lipinski definition) is 3. The van der Waals surface area contributed by atoms with Crippen LogP contribution in [0.15, 0.2) is 36.4 Å². The fourth-order valence-corrected chi connectivity index (χ4v) is 1.99. The van der Waals surface area contributed by atoms with Gasteiger partial charge in [-0.1, -0.05) is 38.1 Å². The second kappa shape index (κ2) is 7.04. The molecule has 1 aromatic carbocycles. The summed E-state index contributed by atoms with van der Waals surface area (Å²) in [6.45, 7) is 4.58. The number of esters is 1. The Morgan fingerprint density at radius 1 is 1.20 bits per heavy atom. The summed E-state index contributed by atoms with van der Waals surface area (Å²) >= 11 is 0. The summed E-state index contributed by atoms with van der Waals surface area (Å²) in [5.74, 6) is 0.278. The van der Waals surface area contributed by atoms with Crippen LogP contribution < -0.4 is 0 Å². The molecule has 0 fully saturated rings. The van der Waals surface area contributed by atoms with Crippen molar-refractivity contribution in [2.45, 2.75) is 33.1 Å². The molecule has 0 N–H and O–H groups in total. The summed E-state index contributed by atoms with van der Waals surface area (Å²) in [6, 6.07) is 12.2. The van der Waals surface area contributed by atoms with Crippen LogP contribution in [0, 0.1) is 5.92 Å². The number of ether oxygens (including phenoxy) is 1. The Kier molecular flexibility index (Phi) is 5.10. The van der Waals surface area contributed by atoms with Crippen LogP contribution in [0.5, 0.6) is 0 Å². The van der Waals surface area contributed by atoms with E-state index in [9.17, 15) is 4.79 Å². The average molecular weight is 271 g/mol. The summed E-state index contributed by atoms with van der Waals surface area (Å²) in [6.07, 6.45) is 2.05. The van der Waals surface area contributed by atoms with Crippen LogP contribution in [0.2, 0.25) is 0 Å². The largest absolute Gasteiger partial charge is 0.465 e. The first-order valence-corrected chi connectivity index (χ1v) is 7.15. The standard InChI is InChI=1S/C17H21NO2/c1-13(2)12-20-17(19)9-5-7-15-11-10-14-6-3-4-8-16(14)18-15/h3-4,6,8,10-11,13H,5,7,9,12H2,1-2H3. The highest BCUT2D eigenvalue weighted by Crippen LogP contribution is 2.13. The molecule has 20 heavy (non-hydrogen) atoms. The van der Waals surface area contributed by atoms with Gasteiger partial charge < -0.3 is 4.74 Å². The van der Waals surface area contributed by atoms with E-state index in [0.717, 1.165) is 29.4 Å². The molecule has 3 nitrogen and oxygen atoms in total. The Balaban J connectivity index is 1.82. The summed E-state index contributed by atoms with van der Waals surface area (Å²) in [5.41, 5.74) is 2.03. The number of hydrogen-bond donors (Lipinski definition) is 0. The molecule has 2 rings (SSSR count). The van der Waals surface area contributed by atoms with Crippen LogP contribution >= 0.6 is 0 Å². The van der Waals surface area contributed by atoms with Crippen LogP contribution in [0.25, 0.3) is 10.9 Å². The lowest BCUT2D eigenvalue weighted by Crippen LogP contribution is -2.10. The van der Waals surface area contributed by atoms with E-state index < -0.39 is 0 Å². The van der Waals surface area contributed by atoms with Gasteiger partial charge in [0.15, 0.2) is 0 Å². The quantitative estimate of drug-likeness (QED) is 0.751. The van der Waals surface area contributed by atoms with Gasteiger partial charge in [-0.25, -0.2) is 0 Å². The Morgan fingerprint density at radius 3 is 2.80 bits per heavy atom. The average Bonchev–Trinajstić information content (AvgIpc) is 2.45. The van der Waals surface area contributed by atoms with Gasteiger partial charge >= 0.3 is 5.97 Å². The van der Waals surface area contributed by atoms with E-state index in [0.29, 0.717) is 18.9 Å². The Morgan fingerprint density at radius 2 is 2.00 bits per heavy atom. The van der Waals surface area contributed by atoms with E-state index >= 15 is 0 Å². The molecule has 0 saturated carbocycles. The minimum atomic E-state index is -0.112. The van der Waals surface area contributed by atoms with Gasteiger partial charge in [-0.2, -0.15) is 0 Å². The first kappa shape index (κ1) is 14.5. The molecule has 0 saturated heterocycles. The molecule has 0 aliphatic rings. The topological polar surface area (TPSA) is 39.2 Å². The SMILES string of the molecule is CC(C)COC(=O)CCCc1ccc2ccccc2n1. The summed E-state index contributed by atoms with van der Waals surface area (Å²) in [7, 11) is 0. The van der Waals surface area contributed by atoms with Gasteiger partial charge in [0.25, 0.3) is 0 Å². The molecule has 1 heterocycles. The van der Waals surface area contributed by atoms with Crippen molar-refractivity contribution in [1.82, 2.24) is 4.98 Å². The molecular weight excluding hydrogens is 250 g/mol. The van der Waals surface area contributed by atoms with Gasteiger partial charge in [-0.15, -0.1) is 0 Å². The predicted molar refractivity (Wildman–Crippen MR) is 80.5 cm³/mol. The lowest BCUT2D eigenvalue weighted by atomic mass is 10.1. The van der Waals surface area contributed by atoms with Crippen molar-refractivity contribution in [3.05, 3.63) is 42.1 Å². The Hall–Kier alpha value is -1.90. The zero-order chi connectivity index (χ0) is 14.4. The van der Waals surface area contributed by atoms with E-state index in [2.05, 4.69) is 17.1 Å². The number of carbonyl (C=O) groups excluding carboxylic acids is 1. The van der Waals surface area contributed by atoms with Crippen molar-refractivity contribution in [2.24, 2.45) is 5.92 Å². The number of para-hydroxylation sites is 1. The molecule has 2 aromatic rings. The van der Waals surface area contributed by atoms with Crippen molar-refractivity contribution in [2.75, 3.05) is 6.61 Å². The minimum absolute atomic E-state index is 0.112. The van der Waals surface area contributed by atoms with Crippen LogP contribution in [0.1, 0.15) is 32.4 Å². The Bertz CT molecular complexity index is 578. The number of pyridine rings is 1. The molecule has 1 aromatic heterocycles. The highest BCUT2D eigenvalue weighted by molar-refractivity contribution is 5.78. The fraction of sp³-hybridized carbons (Fsp3) is 0.412. The maximum atomic E-state index is 11.5. The highest BCUT2D eigenvalue weighted by atomic mass is 16.5. The number of benzene rings is 1. The summed E-state index contributed by atoms with van der Waals surface area (Å²) in [5, 5.41) is 1.15. The summed E-state index contributed by atoms with van der Waals surface area (Å²) in [4.78, 5) is 16.1. The lowest BCUT2D eigenvalue weighted by molar-refractivity contribution is -0.144. The molecule has 0 spiro atoms. The second-order valence-electron chi connectivity index (χ2n) is 5.43. The number of rotatable bonds is 6. The first-order valence-electron chi connectivity index (χ1n) is 7.15.